The number of benzene rings is 1. The van der Waals surface area contributed by atoms with Gasteiger partial charge in [0.05, 0.1) is 65.5 Å². The zero-order chi connectivity index (χ0) is 25.5. The van der Waals surface area contributed by atoms with Crippen LogP contribution >= 0.6 is 7.26 Å². The third-order valence-electron chi connectivity index (χ3n) is 6.56. The molecule has 2 rings (SSSR count). The van der Waals surface area contributed by atoms with Gasteiger partial charge in [0.2, 0.25) is 0 Å². The Bertz CT molecular complexity index is 989. The summed E-state index contributed by atoms with van der Waals surface area (Å²) in [5.74, 6) is -1.92. The van der Waals surface area contributed by atoms with Crippen molar-refractivity contribution in [1.82, 2.24) is 5.32 Å². The molecule has 1 unspecified atom stereocenters. The molecule has 8 nitrogen and oxygen atoms in total. The number of carbonyl (C=O) groups is 2. The highest BCUT2D eigenvalue weighted by Crippen LogP contribution is 2.59. The quantitative estimate of drug-likeness (QED) is 0.201. The Morgan fingerprint density at radius 2 is 1.56 bits per heavy atom. The number of nitro benzene ring substituents is 1. The molecular weight excluding hydrogens is 455 g/mol. The van der Waals surface area contributed by atoms with E-state index in [1.54, 1.807) is 32.9 Å². The Hall–Kier alpha value is -2.73. The minimum Gasteiger partial charge on any atom is -0.463 e. The Balaban J connectivity index is 2.84. The number of nitrogens with one attached hydrogen (secondary N) is 1. The van der Waals surface area contributed by atoms with Crippen molar-refractivity contribution in [3.05, 3.63) is 62.5 Å². The molecule has 1 aromatic rings. The van der Waals surface area contributed by atoms with Gasteiger partial charge in [0, 0.05) is 25.1 Å². The fourth-order valence-corrected chi connectivity index (χ4v) is 7.38. The summed E-state index contributed by atoms with van der Waals surface area (Å²) >= 11 is 0. The van der Waals surface area contributed by atoms with Crippen LogP contribution in [0.15, 0.2) is 46.8 Å². The van der Waals surface area contributed by atoms with Crippen LogP contribution in [-0.4, -0.2) is 54.7 Å². The van der Waals surface area contributed by atoms with Gasteiger partial charge in [-0.2, -0.15) is 0 Å². The molecule has 0 saturated carbocycles. The first kappa shape index (κ1) is 27.5. The lowest BCUT2D eigenvalue weighted by Crippen LogP contribution is -2.35. The second-order valence-corrected chi connectivity index (χ2v) is 13.1. The van der Waals surface area contributed by atoms with Gasteiger partial charge in [-0.3, -0.25) is 10.1 Å². The second-order valence-electron chi connectivity index (χ2n) is 8.23. The standard InChI is InChI=1S/C25H35N2O6P/c1-7-32-24(28)21-17(6)26-20(16-34(9-3,10-4)11-5)23(25(29)33-8-2)22(21)18-13-12-14-19(15-18)27(30)31/h12-15,22H,7-11,16H2,1-6H3/p+1. The van der Waals surface area contributed by atoms with Crippen LogP contribution in [0.2, 0.25) is 0 Å². The summed E-state index contributed by atoms with van der Waals surface area (Å²) in [6.07, 6.45) is 3.77. The van der Waals surface area contributed by atoms with Gasteiger partial charge in [0.1, 0.15) is 0 Å². The number of allylic oxidation sites excluding steroid dienone is 2. The van der Waals surface area contributed by atoms with E-state index in [0.29, 0.717) is 23.0 Å². The molecule has 0 fully saturated rings. The van der Waals surface area contributed by atoms with E-state index in [2.05, 4.69) is 26.1 Å². The molecule has 0 aliphatic carbocycles. The molecule has 186 valence electrons. The SMILES string of the molecule is CCOC(=O)C1=C(C)NC(C[P+](CC)(CC)CC)=C(C(=O)OCC)C1c1cccc([N+](=O)[O-])c1. The van der Waals surface area contributed by atoms with Crippen LogP contribution in [0.25, 0.3) is 0 Å². The highest BCUT2D eigenvalue weighted by atomic mass is 31.2. The zero-order valence-electron chi connectivity index (χ0n) is 21.0. The van der Waals surface area contributed by atoms with Gasteiger partial charge in [-0.1, -0.05) is 12.1 Å². The first-order chi connectivity index (χ1) is 16.2. The molecule has 1 heterocycles. The van der Waals surface area contributed by atoms with Gasteiger partial charge in [0.25, 0.3) is 5.69 Å². The maximum atomic E-state index is 13.4. The van der Waals surface area contributed by atoms with Crippen LogP contribution in [0, 0.1) is 10.1 Å². The van der Waals surface area contributed by atoms with Crippen molar-refractivity contribution in [2.24, 2.45) is 0 Å². The Labute approximate surface area is 202 Å². The van der Waals surface area contributed by atoms with Gasteiger partial charge in [-0.25, -0.2) is 9.59 Å². The van der Waals surface area contributed by atoms with Crippen LogP contribution < -0.4 is 5.32 Å². The van der Waals surface area contributed by atoms with Crippen LogP contribution in [0.5, 0.6) is 0 Å². The summed E-state index contributed by atoms with van der Waals surface area (Å²) in [6, 6.07) is 6.08. The largest absolute Gasteiger partial charge is 0.463 e. The minimum absolute atomic E-state index is 0.112. The first-order valence-corrected chi connectivity index (χ1v) is 14.4. The molecule has 0 radical (unpaired) electrons. The molecule has 0 aromatic heterocycles. The number of hydrogen-bond donors (Lipinski definition) is 1. The summed E-state index contributed by atoms with van der Waals surface area (Å²) in [6.45, 7) is 12.1. The topological polar surface area (TPSA) is 108 Å². The van der Waals surface area contributed by atoms with Crippen molar-refractivity contribution in [2.75, 3.05) is 37.9 Å². The lowest BCUT2D eigenvalue weighted by Gasteiger charge is -2.34. The average molecular weight is 492 g/mol. The van der Waals surface area contributed by atoms with Crippen molar-refractivity contribution < 1.29 is 24.0 Å². The van der Waals surface area contributed by atoms with Crippen molar-refractivity contribution in [3.8, 4) is 0 Å². The van der Waals surface area contributed by atoms with Crippen LogP contribution in [-0.2, 0) is 19.1 Å². The summed E-state index contributed by atoms with van der Waals surface area (Å²) in [5, 5.41) is 14.8. The normalized spacial score (nSPS) is 16.2. The van der Waals surface area contributed by atoms with Gasteiger partial charge in [-0.05, 0) is 47.1 Å². The molecule has 0 saturated heterocycles. The maximum absolute atomic E-state index is 13.4. The van der Waals surface area contributed by atoms with Crippen LogP contribution in [0.3, 0.4) is 0 Å². The third kappa shape index (κ3) is 5.84. The molecule has 0 spiro atoms. The third-order valence-corrected chi connectivity index (χ3v) is 11.6. The number of carbonyl (C=O) groups excluding carboxylic acids is 2. The van der Waals surface area contributed by atoms with Gasteiger partial charge < -0.3 is 14.8 Å². The number of rotatable bonds is 11. The summed E-state index contributed by atoms with van der Waals surface area (Å²) in [7, 11) is -1.40. The predicted octanol–water partition coefficient (Wildman–Crippen LogP) is 5.01. The van der Waals surface area contributed by atoms with E-state index in [1.165, 1.54) is 12.1 Å². The predicted molar refractivity (Wildman–Crippen MR) is 135 cm³/mol. The number of hydrogen-bond acceptors (Lipinski definition) is 7. The molecule has 1 N–H and O–H groups in total. The average Bonchev–Trinajstić information content (AvgIpc) is 2.82. The first-order valence-electron chi connectivity index (χ1n) is 11.8. The van der Waals surface area contributed by atoms with E-state index >= 15 is 0 Å². The van der Waals surface area contributed by atoms with Gasteiger partial charge in [0.15, 0.2) is 0 Å². The van der Waals surface area contributed by atoms with Crippen molar-refractivity contribution >= 4 is 24.9 Å². The monoisotopic (exact) mass is 491 g/mol. The van der Waals surface area contributed by atoms with E-state index < -0.39 is 30.0 Å². The van der Waals surface area contributed by atoms with Gasteiger partial charge >= 0.3 is 11.9 Å². The van der Waals surface area contributed by atoms with Crippen molar-refractivity contribution in [3.63, 3.8) is 0 Å². The van der Waals surface area contributed by atoms with Gasteiger partial charge in [-0.15, -0.1) is 0 Å². The van der Waals surface area contributed by atoms with E-state index in [4.69, 9.17) is 9.47 Å². The fourth-order valence-electron chi connectivity index (χ4n) is 4.44. The number of nitrogens with zero attached hydrogens (tertiary/aromatic N) is 1. The number of esters is 2. The van der Waals surface area contributed by atoms with Crippen LogP contribution in [0.1, 0.15) is 53.0 Å². The van der Waals surface area contributed by atoms with E-state index in [9.17, 15) is 19.7 Å². The molecule has 1 aromatic carbocycles. The molecule has 1 aliphatic rings. The van der Waals surface area contributed by atoms with Crippen molar-refractivity contribution in [2.45, 2.75) is 47.5 Å². The molecular formula is C25H36N2O6P+. The summed E-state index contributed by atoms with van der Waals surface area (Å²) < 4.78 is 10.8. The molecule has 1 atom stereocenters. The highest BCUT2D eigenvalue weighted by Gasteiger charge is 2.43. The maximum Gasteiger partial charge on any atom is 0.336 e. The Morgan fingerprint density at radius 1 is 1.00 bits per heavy atom. The number of ether oxygens (including phenoxy) is 2. The van der Waals surface area contributed by atoms with E-state index in [0.717, 1.165) is 24.2 Å². The number of nitro groups is 1. The van der Waals surface area contributed by atoms with Crippen molar-refractivity contribution in [1.29, 1.82) is 0 Å². The van der Waals surface area contributed by atoms with E-state index in [1.807, 2.05) is 0 Å². The summed E-state index contributed by atoms with van der Waals surface area (Å²) in [4.78, 5) is 37.5. The number of dihydropyridines is 1. The molecule has 0 amide bonds. The van der Waals surface area contributed by atoms with Crippen LogP contribution in [0.4, 0.5) is 5.69 Å². The smallest absolute Gasteiger partial charge is 0.336 e. The summed E-state index contributed by atoms with van der Waals surface area (Å²) in [5.41, 5.74) is 2.28. The fraction of sp³-hybridized carbons (Fsp3) is 0.520. The highest BCUT2D eigenvalue weighted by molar-refractivity contribution is 7.76. The Morgan fingerprint density at radius 3 is 2.06 bits per heavy atom. The second kappa shape index (κ2) is 12.1. The Kier molecular flexibility index (Phi) is 9.80. The molecule has 0 bridgehead atoms. The zero-order valence-corrected chi connectivity index (χ0v) is 21.9. The van der Waals surface area contributed by atoms with E-state index in [-0.39, 0.29) is 24.5 Å². The minimum atomic E-state index is -1.40. The molecule has 1 aliphatic heterocycles. The molecule has 9 heteroatoms. The molecule has 34 heavy (non-hydrogen) atoms. The number of non-ortho nitro benzene ring substituents is 1. The lowest BCUT2D eigenvalue weighted by molar-refractivity contribution is -0.384. The lowest BCUT2D eigenvalue weighted by atomic mass is 9.80.